The third-order valence-electron chi connectivity index (χ3n) is 3.92. The van der Waals surface area contributed by atoms with Gasteiger partial charge in [0.1, 0.15) is 0 Å². The first-order valence-electron chi connectivity index (χ1n) is 7.69. The number of benzene rings is 1. The molecule has 0 unspecified atom stereocenters. The second-order valence-electron chi connectivity index (χ2n) is 5.69. The van der Waals surface area contributed by atoms with Crippen molar-refractivity contribution in [3.8, 4) is 0 Å². The number of primary sulfonamides is 1. The summed E-state index contributed by atoms with van der Waals surface area (Å²) in [6.45, 7) is 5.19. The van der Waals surface area contributed by atoms with Crippen molar-refractivity contribution in [1.29, 1.82) is 0 Å². The van der Waals surface area contributed by atoms with Crippen LogP contribution in [0.4, 0.5) is 0 Å². The molecule has 1 amide bonds. The van der Waals surface area contributed by atoms with E-state index in [1.54, 1.807) is 12.1 Å². The minimum absolute atomic E-state index is 0.112. The Morgan fingerprint density at radius 1 is 1.30 bits per heavy atom. The van der Waals surface area contributed by atoms with Crippen molar-refractivity contribution in [3.63, 3.8) is 0 Å². The Morgan fingerprint density at radius 2 is 1.91 bits per heavy atom. The van der Waals surface area contributed by atoms with E-state index in [1.807, 2.05) is 17.1 Å². The number of ether oxygens (including phenoxy) is 1. The van der Waals surface area contributed by atoms with Gasteiger partial charge in [0, 0.05) is 19.5 Å². The van der Waals surface area contributed by atoms with Crippen LogP contribution in [-0.2, 0) is 26.0 Å². The fraction of sp³-hybridized carbons (Fsp3) is 0.533. The highest BCUT2D eigenvalue weighted by molar-refractivity contribution is 7.89. The summed E-state index contributed by atoms with van der Waals surface area (Å²) in [5.74, 6) is 0.137. The molecule has 0 bridgehead atoms. The number of amides is 1. The van der Waals surface area contributed by atoms with Crippen molar-refractivity contribution >= 4 is 15.9 Å². The van der Waals surface area contributed by atoms with Crippen molar-refractivity contribution in [1.82, 2.24) is 4.90 Å². The molecule has 1 aliphatic heterocycles. The smallest absolute Gasteiger partial charge is 0.280 e. The molecule has 128 valence electrons. The molecule has 1 fully saturated rings. The zero-order valence-electron chi connectivity index (χ0n) is 13.3. The number of nitrogens with zero attached hydrogens (tertiary/aromatic N) is 1. The Bertz CT molecular complexity index is 625. The lowest BCUT2D eigenvalue weighted by Crippen LogP contribution is -2.92. The number of nitrogens with two attached hydrogens (primary N) is 2. The highest BCUT2D eigenvalue weighted by Crippen LogP contribution is 2.08. The Kier molecular flexibility index (Phi) is 6.11. The average molecular weight is 342 g/mol. The lowest BCUT2D eigenvalue weighted by Gasteiger charge is -2.28. The second-order valence-corrected chi connectivity index (χ2v) is 7.25. The van der Waals surface area contributed by atoms with E-state index >= 15 is 0 Å². The van der Waals surface area contributed by atoms with Crippen LogP contribution in [-0.4, -0.2) is 58.1 Å². The van der Waals surface area contributed by atoms with E-state index in [4.69, 9.17) is 9.88 Å². The van der Waals surface area contributed by atoms with Crippen molar-refractivity contribution in [2.24, 2.45) is 5.14 Å². The molecular weight excluding hydrogens is 318 g/mol. The molecule has 1 aromatic carbocycles. The highest BCUT2D eigenvalue weighted by atomic mass is 32.2. The van der Waals surface area contributed by atoms with Crippen LogP contribution in [0.1, 0.15) is 12.5 Å². The van der Waals surface area contributed by atoms with E-state index in [-0.39, 0.29) is 16.8 Å². The van der Waals surface area contributed by atoms with Crippen molar-refractivity contribution in [2.75, 3.05) is 32.8 Å². The van der Waals surface area contributed by atoms with E-state index in [2.05, 4.69) is 0 Å². The molecule has 0 saturated carbocycles. The second kappa shape index (κ2) is 7.87. The molecule has 0 radical (unpaired) electrons. The maximum atomic E-state index is 12.3. The molecule has 0 aromatic heterocycles. The predicted octanol–water partition coefficient (Wildman–Crippen LogP) is -1.31. The first kappa shape index (κ1) is 17.9. The van der Waals surface area contributed by atoms with E-state index in [0.29, 0.717) is 26.3 Å². The van der Waals surface area contributed by atoms with Crippen molar-refractivity contribution in [3.05, 3.63) is 29.8 Å². The SMILES string of the molecule is C[C@@H]([NH2+]CCc1ccc(S(N)(=O)=O)cc1)C(=O)N1CCOCC1. The van der Waals surface area contributed by atoms with Crippen LogP contribution in [0.3, 0.4) is 0 Å². The molecule has 1 heterocycles. The quantitative estimate of drug-likeness (QED) is 0.669. The van der Waals surface area contributed by atoms with Crippen LogP contribution in [0.5, 0.6) is 0 Å². The first-order valence-corrected chi connectivity index (χ1v) is 9.24. The van der Waals surface area contributed by atoms with Crippen molar-refractivity contribution in [2.45, 2.75) is 24.3 Å². The van der Waals surface area contributed by atoms with E-state index < -0.39 is 10.0 Å². The summed E-state index contributed by atoms with van der Waals surface area (Å²) < 4.78 is 27.6. The summed E-state index contributed by atoms with van der Waals surface area (Å²) in [5.41, 5.74) is 1.01. The number of carbonyl (C=O) groups is 1. The lowest BCUT2D eigenvalue weighted by molar-refractivity contribution is -0.673. The van der Waals surface area contributed by atoms with Crippen LogP contribution < -0.4 is 10.5 Å². The zero-order chi connectivity index (χ0) is 16.9. The van der Waals surface area contributed by atoms with Gasteiger partial charge in [-0.25, -0.2) is 13.6 Å². The Balaban J connectivity index is 1.78. The van der Waals surface area contributed by atoms with Crippen molar-refractivity contribution < 1.29 is 23.3 Å². The van der Waals surface area contributed by atoms with Crippen LogP contribution in [0, 0.1) is 0 Å². The predicted molar refractivity (Wildman–Crippen MR) is 85.2 cm³/mol. The van der Waals surface area contributed by atoms with Gasteiger partial charge >= 0.3 is 0 Å². The van der Waals surface area contributed by atoms with Crippen LogP contribution in [0.2, 0.25) is 0 Å². The van der Waals surface area contributed by atoms with Gasteiger partial charge in [-0.3, -0.25) is 4.79 Å². The van der Waals surface area contributed by atoms with Gasteiger partial charge in [0.2, 0.25) is 10.0 Å². The van der Waals surface area contributed by atoms with Crippen LogP contribution >= 0.6 is 0 Å². The normalized spacial score (nSPS) is 17.0. The molecule has 1 atom stereocenters. The number of hydrogen-bond donors (Lipinski definition) is 2. The summed E-state index contributed by atoms with van der Waals surface area (Å²) in [4.78, 5) is 14.2. The molecule has 4 N–H and O–H groups in total. The average Bonchev–Trinajstić information content (AvgIpc) is 2.54. The summed E-state index contributed by atoms with van der Waals surface area (Å²) in [6.07, 6.45) is 0.756. The number of sulfonamides is 1. The highest BCUT2D eigenvalue weighted by Gasteiger charge is 2.24. The van der Waals surface area contributed by atoms with E-state index in [9.17, 15) is 13.2 Å². The molecule has 0 aliphatic carbocycles. The molecule has 23 heavy (non-hydrogen) atoms. The third-order valence-corrected chi connectivity index (χ3v) is 4.85. The van der Waals surface area contributed by atoms with Gasteiger partial charge < -0.3 is 15.0 Å². The molecular formula is C15H24N3O4S+. The monoisotopic (exact) mass is 342 g/mol. The number of carbonyl (C=O) groups excluding carboxylic acids is 1. The number of quaternary nitrogens is 1. The maximum absolute atomic E-state index is 12.3. The standard InChI is InChI=1S/C15H23N3O4S/c1-12(15(19)18-8-10-22-11-9-18)17-7-6-13-2-4-14(5-3-13)23(16,20)21/h2-5,12,17H,6-11H2,1H3,(H2,16,20,21)/p+1/t12-/m1/s1. The fourth-order valence-electron chi connectivity index (χ4n) is 2.52. The molecule has 1 aromatic rings. The molecule has 1 saturated heterocycles. The first-order chi connectivity index (χ1) is 10.9. The molecule has 7 nitrogen and oxygen atoms in total. The topological polar surface area (TPSA) is 106 Å². The zero-order valence-corrected chi connectivity index (χ0v) is 14.1. The third kappa shape index (κ3) is 5.28. The van der Waals surface area contributed by atoms with Gasteiger partial charge in [0.15, 0.2) is 6.04 Å². The Morgan fingerprint density at radius 3 is 2.48 bits per heavy atom. The lowest BCUT2D eigenvalue weighted by atomic mass is 10.1. The van der Waals surface area contributed by atoms with Crippen LogP contribution in [0.15, 0.2) is 29.2 Å². The molecule has 2 rings (SSSR count). The fourth-order valence-corrected chi connectivity index (χ4v) is 3.03. The van der Waals surface area contributed by atoms with Gasteiger partial charge in [-0.05, 0) is 24.6 Å². The molecule has 1 aliphatic rings. The number of rotatable bonds is 6. The molecule has 8 heteroatoms. The van der Waals surface area contributed by atoms with Gasteiger partial charge in [0.25, 0.3) is 5.91 Å². The number of hydrogen-bond acceptors (Lipinski definition) is 4. The van der Waals surface area contributed by atoms with E-state index in [1.165, 1.54) is 12.1 Å². The minimum Gasteiger partial charge on any atom is -0.378 e. The Hall–Kier alpha value is -1.48. The maximum Gasteiger partial charge on any atom is 0.280 e. The summed E-state index contributed by atoms with van der Waals surface area (Å²) in [5, 5.41) is 7.07. The summed E-state index contributed by atoms with van der Waals surface area (Å²) in [6, 6.07) is 6.39. The minimum atomic E-state index is -3.65. The number of morpholine rings is 1. The largest absolute Gasteiger partial charge is 0.378 e. The summed E-state index contributed by atoms with van der Waals surface area (Å²) in [7, 11) is -3.65. The molecule has 0 spiro atoms. The van der Waals surface area contributed by atoms with Crippen LogP contribution in [0.25, 0.3) is 0 Å². The van der Waals surface area contributed by atoms with E-state index in [0.717, 1.165) is 18.5 Å². The summed E-state index contributed by atoms with van der Waals surface area (Å²) >= 11 is 0. The van der Waals surface area contributed by atoms with Gasteiger partial charge in [-0.2, -0.15) is 0 Å². The van der Waals surface area contributed by atoms with Gasteiger partial charge in [-0.15, -0.1) is 0 Å². The van der Waals surface area contributed by atoms with Gasteiger partial charge in [-0.1, -0.05) is 12.1 Å². The van der Waals surface area contributed by atoms with Gasteiger partial charge in [0.05, 0.1) is 24.7 Å². The Labute approximate surface area is 136 Å².